The first-order chi connectivity index (χ1) is 8.72. The van der Waals surface area contributed by atoms with Gasteiger partial charge in [0, 0.05) is 5.56 Å². The molecule has 6 nitrogen and oxygen atoms in total. The minimum Gasteiger partial charge on any atom is -0.295 e. The van der Waals surface area contributed by atoms with Crippen molar-refractivity contribution in [3.05, 3.63) is 29.8 Å². The summed E-state index contributed by atoms with van der Waals surface area (Å²) < 4.78 is 1.51. The summed E-state index contributed by atoms with van der Waals surface area (Å²) in [5.74, 6) is 0.253. The van der Waals surface area contributed by atoms with Crippen LogP contribution in [0.5, 0.6) is 0 Å². The van der Waals surface area contributed by atoms with E-state index in [0.717, 1.165) is 0 Å². The number of Topliss-reactive ketones (excluding diaryl/α,β-unsaturated/α-hetero) is 1. The second kappa shape index (κ2) is 5.42. The molecule has 0 bridgehead atoms. The number of carbonyl (C=O) groups is 1. The van der Waals surface area contributed by atoms with Crippen LogP contribution in [-0.4, -0.2) is 31.7 Å². The Morgan fingerprint density at radius 1 is 1.56 bits per heavy atom. The lowest BCUT2D eigenvalue weighted by molar-refractivity contribution is 0.101. The first kappa shape index (κ1) is 12.3. The summed E-state index contributed by atoms with van der Waals surface area (Å²) >= 11 is 1.24. The van der Waals surface area contributed by atoms with E-state index in [1.54, 1.807) is 24.3 Å². The number of rotatable bonds is 4. The van der Waals surface area contributed by atoms with Gasteiger partial charge in [-0.2, -0.15) is 9.94 Å². The van der Waals surface area contributed by atoms with Crippen LogP contribution in [0.2, 0.25) is 0 Å². The van der Waals surface area contributed by atoms with E-state index >= 15 is 0 Å². The fraction of sp³-hybridized carbons (Fsp3) is 0.182. The highest BCUT2D eigenvalue weighted by molar-refractivity contribution is 7.99. The molecule has 0 saturated heterocycles. The van der Waals surface area contributed by atoms with E-state index in [1.807, 2.05) is 6.07 Å². The fourth-order valence-corrected chi connectivity index (χ4v) is 1.94. The van der Waals surface area contributed by atoms with Crippen molar-refractivity contribution >= 4 is 17.5 Å². The second-order valence-corrected chi connectivity index (χ2v) is 4.37. The maximum atomic E-state index is 11.3. The number of hydrogen-bond acceptors (Lipinski definition) is 6. The Kier molecular flexibility index (Phi) is 3.69. The number of benzene rings is 1. The van der Waals surface area contributed by atoms with Gasteiger partial charge in [-0.05, 0) is 29.5 Å². The predicted octanol–water partition coefficient (Wildman–Crippen LogP) is 1.48. The van der Waals surface area contributed by atoms with Crippen LogP contribution >= 0.6 is 11.8 Å². The lowest BCUT2D eigenvalue weighted by Crippen LogP contribution is -2.01. The van der Waals surface area contributed by atoms with E-state index in [-0.39, 0.29) is 11.5 Å². The largest absolute Gasteiger partial charge is 0.295 e. The van der Waals surface area contributed by atoms with Crippen LogP contribution in [0.15, 0.2) is 29.4 Å². The van der Waals surface area contributed by atoms with Crippen molar-refractivity contribution in [2.45, 2.75) is 12.1 Å². The van der Waals surface area contributed by atoms with Gasteiger partial charge >= 0.3 is 0 Å². The van der Waals surface area contributed by atoms with Crippen LogP contribution in [0.25, 0.3) is 5.69 Å². The zero-order valence-corrected chi connectivity index (χ0v) is 10.4. The lowest BCUT2D eigenvalue weighted by atomic mass is 10.1. The molecule has 90 valence electrons. The number of nitriles is 1. The number of hydrogen-bond donors (Lipinski definition) is 0. The van der Waals surface area contributed by atoms with E-state index in [1.165, 1.54) is 23.4 Å². The molecule has 0 N–H and O–H groups in total. The molecule has 1 aromatic carbocycles. The third-order valence-corrected chi connectivity index (χ3v) is 2.99. The third kappa shape index (κ3) is 2.55. The van der Waals surface area contributed by atoms with Crippen LogP contribution in [0, 0.1) is 11.3 Å². The average molecular weight is 259 g/mol. The van der Waals surface area contributed by atoms with E-state index in [0.29, 0.717) is 16.4 Å². The van der Waals surface area contributed by atoms with Gasteiger partial charge in [-0.3, -0.25) is 4.79 Å². The zero-order valence-electron chi connectivity index (χ0n) is 9.57. The predicted molar refractivity (Wildman–Crippen MR) is 65.5 cm³/mol. The molecule has 1 heterocycles. The number of nitrogens with zero attached hydrogens (tertiary/aromatic N) is 5. The first-order valence-corrected chi connectivity index (χ1v) is 6.10. The third-order valence-electron chi connectivity index (χ3n) is 2.20. The van der Waals surface area contributed by atoms with Crippen LogP contribution in [0.1, 0.15) is 17.3 Å². The standard InChI is InChI=1S/C11H9N5OS/c1-8(17)9-3-2-4-10(7-9)16-11(13-14-15-16)18-6-5-12/h2-4,7H,6H2,1H3. The van der Waals surface area contributed by atoms with Gasteiger partial charge in [0.1, 0.15) is 0 Å². The molecule has 0 unspecified atom stereocenters. The maximum Gasteiger partial charge on any atom is 0.215 e. The maximum absolute atomic E-state index is 11.3. The molecule has 2 rings (SSSR count). The summed E-state index contributed by atoms with van der Waals surface area (Å²) in [4.78, 5) is 11.3. The zero-order chi connectivity index (χ0) is 13.0. The summed E-state index contributed by atoms with van der Waals surface area (Å²) in [5, 5.41) is 20.3. The molecular weight excluding hydrogens is 250 g/mol. The number of tetrazole rings is 1. The van der Waals surface area contributed by atoms with Gasteiger partial charge in [0.05, 0.1) is 17.5 Å². The monoisotopic (exact) mass is 259 g/mol. The molecule has 0 spiro atoms. The molecule has 0 aliphatic heterocycles. The highest BCUT2D eigenvalue weighted by atomic mass is 32.2. The van der Waals surface area contributed by atoms with Crippen molar-refractivity contribution < 1.29 is 4.79 Å². The van der Waals surface area contributed by atoms with Crippen molar-refractivity contribution in [3.63, 3.8) is 0 Å². The Balaban J connectivity index is 2.37. The minimum atomic E-state index is -0.0175. The molecule has 0 aliphatic rings. The molecule has 7 heteroatoms. The Bertz CT molecular complexity index is 616. The van der Waals surface area contributed by atoms with E-state index in [9.17, 15) is 4.79 Å². The van der Waals surface area contributed by atoms with Crippen molar-refractivity contribution in [2.75, 3.05) is 5.75 Å². The molecule has 2 aromatic rings. The second-order valence-electron chi connectivity index (χ2n) is 3.43. The molecule has 0 saturated carbocycles. The van der Waals surface area contributed by atoms with Crippen molar-refractivity contribution in [1.29, 1.82) is 5.26 Å². The van der Waals surface area contributed by atoms with Crippen molar-refractivity contribution in [1.82, 2.24) is 20.2 Å². The highest BCUT2D eigenvalue weighted by Crippen LogP contribution is 2.18. The molecule has 0 aliphatic carbocycles. The van der Waals surface area contributed by atoms with Crippen LogP contribution in [0.4, 0.5) is 0 Å². The lowest BCUT2D eigenvalue weighted by Gasteiger charge is -2.04. The van der Waals surface area contributed by atoms with Crippen molar-refractivity contribution in [2.24, 2.45) is 0 Å². The Hall–Kier alpha value is -2.20. The summed E-state index contributed by atoms with van der Waals surface area (Å²) in [5.41, 5.74) is 1.30. The molecule has 0 amide bonds. The number of carbonyl (C=O) groups excluding carboxylic acids is 1. The molecule has 0 radical (unpaired) electrons. The molecule has 1 aromatic heterocycles. The van der Waals surface area contributed by atoms with Gasteiger partial charge in [0.25, 0.3) is 0 Å². The van der Waals surface area contributed by atoms with Gasteiger partial charge in [0.15, 0.2) is 5.78 Å². The highest BCUT2D eigenvalue weighted by Gasteiger charge is 2.09. The van der Waals surface area contributed by atoms with Gasteiger partial charge in [-0.1, -0.05) is 23.9 Å². The van der Waals surface area contributed by atoms with Gasteiger partial charge in [-0.25, -0.2) is 0 Å². The van der Waals surface area contributed by atoms with E-state index in [4.69, 9.17) is 5.26 Å². The first-order valence-electron chi connectivity index (χ1n) is 5.12. The summed E-state index contributed by atoms with van der Waals surface area (Å²) in [6, 6.07) is 9.04. The van der Waals surface area contributed by atoms with Gasteiger partial charge in [0.2, 0.25) is 5.16 Å². The van der Waals surface area contributed by atoms with E-state index in [2.05, 4.69) is 15.5 Å². The molecule has 18 heavy (non-hydrogen) atoms. The average Bonchev–Trinajstić information content (AvgIpc) is 2.84. The Morgan fingerprint density at radius 3 is 3.11 bits per heavy atom. The Morgan fingerprint density at radius 2 is 2.39 bits per heavy atom. The SMILES string of the molecule is CC(=O)c1cccc(-n2nnnc2SCC#N)c1. The summed E-state index contributed by atoms with van der Waals surface area (Å²) in [6.45, 7) is 1.50. The smallest absolute Gasteiger partial charge is 0.215 e. The molecule has 0 atom stereocenters. The Labute approximate surface area is 108 Å². The summed E-state index contributed by atoms with van der Waals surface area (Å²) in [6.07, 6.45) is 0. The minimum absolute atomic E-state index is 0.0175. The fourth-order valence-electron chi connectivity index (χ4n) is 1.38. The van der Waals surface area contributed by atoms with E-state index < -0.39 is 0 Å². The quantitative estimate of drug-likeness (QED) is 0.610. The normalized spacial score (nSPS) is 10.0. The van der Waals surface area contributed by atoms with Gasteiger partial charge < -0.3 is 0 Å². The van der Waals surface area contributed by atoms with Crippen molar-refractivity contribution in [3.8, 4) is 11.8 Å². The van der Waals surface area contributed by atoms with Crippen LogP contribution in [-0.2, 0) is 0 Å². The van der Waals surface area contributed by atoms with Crippen LogP contribution < -0.4 is 0 Å². The van der Waals surface area contributed by atoms with Gasteiger partial charge in [-0.15, -0.1) is 5.10 Å². The summed E-state index contributed by atoms with van der Waals surface area (Å²) in [7, 11) is 0. The topological polar surface area (TPSA) is 84.5 Å². The number of thioether (sulfide) groups is 1. The number of ketones is 1. The number of aromatic nitrogens is 4. The molecular formula is C11H9N5OS. The molecule has 0 fully saturated rings. The van der Waals surface area contributed by atoms with Crippen LogP contribution in [0.3, 0.4) is 0 Å².